The van der Waals surface area contributed by atoms with E-state index in [1.165, 1.54) is 6.08 Å². The molecule has 2 aromatic heterocycles. The number of nitrogens with zero attached hydrogens (tertiary/aromatic N) is 4. The van der Waals surface area contributed by atoms with E-state index in [9.17, 15) is 4.79 Å². The fraction of sp³-hybridized carbons (Fsp3) is 0.185. The van der Waals surface area contributed by atoms with Crippen molar-refractivity contribution in [1.29, 1.82) is 0 Å². The Bertz CT molecular complexity index is 1430. The van der Waals surface area contributed by atoms with Gasteiger partial charge in [-0.3, -0.25) is 4.79 Å². The largest absolute Gasteiger partial charge is 0.479 e. The Kier molecular flexibility index (Phi) is 6.46. The summed E-state index contributed by atoms with van der Waals surface area (Å²) in [6, 6.07) is 17.7. The first kappa shape index (κ1) is 23.3. The molecule has 182 valence electrons. The summed E-state index contributed by atoms with van der Waals surface area (Å²) in [5, 5.41) is 10.4. The van der Waals surface area contributed by atoms with Crippen molar-refractivity contribution in [2.45, 2.75) is 6.04 Å². The first-order valence-corrected chi connectivity index (χ1v) is 11.6. The highest BCUT2D eigenvalue weighted by atomic mass is 16.5. The molecule has 5 rings (SSSR count). The summed E-state index contributed by atoms with van der Waals surface area (Å²) in [6.07, 6.45) is 3.02. The Hall–Kier alpha value is -4.50. The van der Waals surface area contributed by atoms with E-state index < -0.39 is 0 Å². The molecule has 1 amide bonds. The maximum Gasteiger partial charge on any atom is 0.247 e. The van der Waals surface area contributed by atoms with E-state index in [-0.39, 0.29) is 5.91 Å². The number of anilines is 4. The Labute approximate surface area is 209 Å². The van der Waals surface area contributed by atoms with Crippen LogP contribution >= 0.6 is 0 Å². The summed E-state index contributed by atoms with van der Waals surface area (Å²) < 4.78 is 5.53. The Balaban J connectivity index is 1.43. The van der Waals surface area contributed by atoms with Crippen LogP contribution in [0.4, 0.5) is 23.1 Å². The van der Waals surface area contributed by atoms with E-state index in [1.54, 1.807) is 13.3 Å². The molecule has 36 heavy (non-hydrogen) atoms. The van der Waals surface area contributed by atoms with Crippen LogP contribution in [-0.2, 0) is 4.79 Å². The van der Waals surface area contributed by atoms with Crippen LogP contribution in [0, 0.1) is 0 Å². The fourth-order valence-corrected chi connectivity index (χ4v) is 4.20. The van der Waals surface area contributed by atoms with Gasteiger partial charge in [0, 0.05) is 35.9 Å². The summed E-state index contributed by atoms with van der Waals surface area (Å²) in [4.78, 5) is 27.9. The van der Waals surface area contributed by atoms with Crippen LogP contribution in [0.5, 0.6) is 5.88 Å². The van der Waals surface area contributed by atoms with Crippen LogP contribution in [0.1, 0.15) is 0 Å². The van der Waals surface area contributed by atoms with Gasteiger partial charge in [-0.25, -0.2) is 9.97 Å². The number of likely N-dealkylation sites (N-methyl/N-ethyl adjacent to an activating group) is 1. The van der Waals surface area contributed by atoms with Crippen LogP contribution in [-0.4, -0.2) is 59.0 Å². The third-order valence-electron chi connectivity index (χ3n) is 5.95. The van der Waals surface area contributed by atoms with Crippen LogP contribution in [0.25, 0.3) is 22.0 Å². The lowest BCUT2D eigenvalue weighted by molar-refractivity contribution is -0.111. The summed E-state index contributed by atoms with van der Waals surface area (Å²) in [6.45, 7) is 5.48. The van der Waals surface area contributed by atoms with E-state index in [2.05, 4.69) is 44.4 Å². The number of carbonyl (C=O) groups is 1. The number of ether oxygens (including phenoxy) is 1. The highest BCUT2D eigenvalue weighted by molar-refractivity contribution is 6.00. The first-order chi connectivity index (χ1) is 17.5. The Morgan fingerprint density at radius 1 is 1.14 bits per heavy atom. The molecule has 3 heterocycles. The van der Waals surface area contributed by atoms with E-state index in [4.69, 9.17) is 9.72 Å². The minimum atomic E-state index is -0.261. The number of benzene rings is 2. The normalized spacial score (nSPS) is 13.6. The molecule has 0 unspecified atom stereocenters. The second kappa shape index (κ2) is 10.0. The highest BCUT2D eigenvalue weighted by Gasteiger charge is 2.23. The third-order valence-corrected chi connectivity index (χ3v) is 5.95. The van der Waals surface area contributed by atoms with Gasteiger partial charge in [-0.1, -0.05) is 36.9 Å². The van der Waals surface area contributed by atoms with Gasteiger partial charge in [0.1, 0.15) is 11.5 Å². The van der Waals surface area contributed by atoms with Crippen LogP contribution in [0.15, 0.2) is 73.4 Å². The molecule has 3 N–H and O–H groups in total. The summed E-state index contributed by atoms with van der Waals surface area (Å²) in [7, 11) is 3.68. The Morgan fingerprint density at radius 2 is 1.97 bits per heavy atom. The maximum atomic E-state index is 11.7. The smallest absolute Gasteiger partial charge is 0.247 e. The average Bonchev–Trinajstić information content (AvgIpc) is 2.88. The number of nitrogens with one attached hydrogen (secondary N) is 3. The van der Waals surface area contributed by atoms with Gasteiger partial charge in [0.2, 0.25) is 17.7 Å². The standard InChI is InChI=1S/C27H27N7O2/c1-4-24(35)30-19-9-5-7-17(13-19)21-10-6-8-18-14-28-27(33-25(18)21)31-22-11-12-23(32-26(22)36-3)29-20-15-34(2)16-20/h4-14,20H,1,15-16H2,2-3H3,(H,29,32)(H,30,35)(H,28,31,33). The minimum absolute atomic E-state index is 0.261. The van der Waals surface area contributed by atoms with Gasteiger partial charge >= 0.3 is 0 Å². The number of methoxy groups -OCH3 is 1. The van der Waals surface area contributed by atoms with Gasteiger partial charge in [-0.05, 0) is 43.0 Å². The SMILES string of the molecule is C=CC(=O)Nc1cccc(-c2cccc3cnc(Nc4ccc(NC5CN(C)C5)nc4OC)nc23)c1. The molecule has 1 aliphatic heterocycles. The van der Waals surface area contributed by atoms with Crippen LogP contribution in [0.3, 0.4) is 0 Å². The predicted molar refractivity (Wildman–Crippen MR) is 143 cm³/mol. The Morgan fingerprint density at radius 3 is 2.75 bits per heavy atom. The topological polar surface area (TPSA) is 104 Å². The zero-order chi connectivity index (χ0) is 25.1. The molecule has 0 atom stereocenters. The van der Waals surface area contributed by atoms with Crippen molar-refractivity contribution in [2.24, 2.45) is 0 Å². The van der Waals surface area contributed by atoms with Crippen LogP contribution < -0.4 is 20.7 Å². The average molecular weight is 482 g/mol. The lowest BCUT2D eigenvalue weighted by Gasteiger charge is -2.36. The lowest BCUT2D eigenvalue weighted by Crippen LogP contribution is -2.52. The summed E-state index contributed by atoms with van der Waals surface area (Å²) in [5.74, 6) is 1.38. The van der Waals surface area contributed by atoms with E-state index in [0.29, 0.717) is 29.2 Å². The van der Waals surface area contributed by atoms with Gasteiger partial charge < -0.3 is 25.6 Å². The van der Waals surface area contributed by atoms with E-state index in [1.807, 2.05) is 54.6 Å². The molecule has 0 bridgehead atoms. The van der Waals surface area contributed by atoms with Crippen molar-refractivity contribution in [1.82, 2.24) is 19.9 Å². The van der Waals surface area contributed by atoms with Crippen molar-refractivity contribution < 1.29 is 9.53 Å². The van der Waals surface area contributed by atoms with E-state index >= 15 is 0 Å². The van der Waals surface area contributed by atoms with Crippen molar-refractivity contribution >= 4 is 40.0 Å². The molecule has 9 heteroatoms. The molecule has 4 aromatic rings. The number of fused-ring (bicyclic) bond motifs is 1. The third kappa shape index (κ3) is 4.96. The fourth-order valence-electron chi connectivity index (χ4n) is 4.20. The van der Waals surface area contributed by atoms with Gasteiger partial charge in [-0.15, -0.1) is 0 Å². The number of hydrogen-bond acceptors (Lipinski definition) is 8. The zero-order valence-electron chi connectivity index (χ0n) is 20.2. The lowest BCUT2D eigenvalue weighted by atomic mass is 10.0. The number of likely N-dealkylation sites (tertiary alicyclic amines) is 1. The number of rotatable bonds is 8. The second-order valence-corrected chi connectivity index (χ2v) is 8.65. The molecule has 0 radical (unpaired) electrons. The molecular formula is C27H27N7O2. The molecule has 0 spiro atoms. The number of carbonyl (C=O) groups excluding carboxylic acids is 1. The molecule has 9 nitrogen and oxygen atoms in total. The molecule has 1 fully saturated rings. The second-order valence-electron chi connectivity index (χ2n) is 8.65. The quantitative estimate of drug-likeness (QED) is 0.320. The first-order valence-electron chi connectivity index (χ1n) is 11.6. The molecule has 2 aromatic carbocycles. The number of pyridine rings is 1. The van der Waals surface area contributed by atoms with Gasteiger partial charge in [-0.2, -0.15) is 4.98 Å². The van der Waals surface area contributed by atoms with E-state index in [0.717, 1.165) is 40.9 Å². The number of aromatic nitrogens is 3. The molecule has 1 saturated heterocycles. The van der Waals surface area contributed by atoms with Gasteiger partial charge in [0.05, 0.1) is 18.7 Å². The van der Waals surface area contributed by atoms with Crippen LogP contribution in [0.2, 0.25) is 0 Å². The highest BCUT2D eigenvalue weighted by Crippen LogP contribution is 2.31. The number of para-hydroxylation sites is 1. The number of amides is 1. The summed E-state index contributed by atoms with van der Waals surface area (Å²) >= 11 is 0. The molecule has 0 aliphatic carbocycles. The van der Waals surface area contributed by atoms with Crippen molar-refractivity contribution in [3.05, 3.63) is 73.4 Å². The van der Waals surface area contributed by atoms with Crippen molar-refractivity contribution in [3.8, 4) is 17.0 Å². The maximum absolute atomic E-state index is 11.7. The minimum Gasteiger partial charge on any atom is -0.479 e. The zero-order valence-corrected chi connectivity index (χ0v) is 20.2. The molecule has 0 saturated carbocycles. The predicted octanol–water partition coefficient (Wildman–Crippen LogP) is 4.29. The molecule has 1 aliphatic rings. The van der Waals surface area contributed by atoms with Gasteiger partial charge in [0.15, 0.2) is 0 Å². The monoisotopic (exact) mass is 481 g/mol. The van der Waals surface area contributed by atoms with Crippen molar-refractivity contribution in [3.63, 3.8) is 0 Å². The number of hydrogen-bond donors (Lipinski definition) is 3. The summed E-state index contributed by atoms with van der Waals surface area (Å²) in [5.41, 5.74) is 3.97. The van der Waals surface area contributed by atoms with Crippen molar-refractivity contribution in [2.75, 3.05) is 43.2 Å². The van der Waals surface area contributed by atoms with Gasteiger partial charge in [0.25, 0.3) is 0 Å². The molecular weight excluding hydrogens is 454 g/mol.